The number of amides is 1. The maximum absolute atomic E-state index is 12.0. The predicted molar refractivity (Wildman–Crippen MR) is 80.4 cm³/mol. The number of hydrogen-bond donors (Lipinski definition) is 1. The van der Waals surface area contributed by atoms with Gasteiger partial charge in [0, 0.05) is 13.0 Å². The van der Waals surface area contributed by atoms with Gasteiger partial charge in [-0.05, 0) is 30.4 Å². The Morgan fingerprint density at radius 3 is 2.55 bits per heavy atom. The number of rotatable bonds is 4. The molecule has 1 heterocycles. The van der Waals surface area contributed by atoms with Crippen LogP contribution in [-0.4, -0.2) is 29.0 Å². The number of aliphatic hydroxyl groups is 1. The van der Waals surface area contributed by atoms with E-state index in [1.807, 2.05) is 29.2 Å². The van der Waals surface area contributed by atoms with E-state index in [0.717, 1.165) is 37.8 Å². The summed E-state index contributed by atoms with van der Waals surface area (Å²) < 4.78 is 0. The van der Waals surface area contributed by atoms with Crippen LogP contribution in [0, 0.1) is 0 Å². The van der Waals surface area contributed by atoms with Gasteiger partial charge in [0.25, 0.3) is 0 Å². The molecule has 0 bridgehead atoms. The van der Waals surface area contributed by atoms with Gasteiger partial charge in [0.1, 0.15) is 0 Å². The second kappa shape index (κ2) is 7.44. The fourth-order valence-corrected chi connectivity index (χ4v) is 2.70. The standard InChI is InChI=1S/C17H25NO2/c1-2-14-8-10-15(11-9-14)16(19)13-18-12-6-4-3-5-7-17(18)20/h8-11,16,19H,2-7,12-13H2,1H3. The Morgan fingerprint density at radius 1 is 1.15 bits per heavy atom. The molecule has 2 rings (SSSR count). The van der Waals surface area contributed by atoms with Crippen LogP contribution in [0.2, 0.25) is 0 Å². The van der Waals surface area contributed by atoms with Crippen molar-refractivity contribution in [3.63, 3.8) is 0 Å². The molecule has 1 unspecified atom stereocenters. The number of nitrogens with zero attached hydrogens (tertiary/aromatic N) is 1. The number of carbonyl (C=O) groups excluding carboxylic acids is 1. The van der Waals surface area contributed by atoms with Crippen molar-refractivity contribution in [3.05, 3.63) is 35.4 Å². The van der Waals surface area contributed by atoms with Gasteiger partial charge < -0.3 is 10.0 Å². The number of carbonyl (C=O) groups is 1. The van der Waals surface area contributed by atoms with Crippen LogP contribution in [-0.2, 0) is 11.2 Å². The van der Waals surface area contributed by atoms with Gasteiger partial charge in [-0.1, -0.05) is 44.0 Å². The lowest BCUT2D eigenvalue weighted by Gasteiger charge is -2.27. The summed E-state index contributed by atoms with van der Waals surface area (Å²) in [6, 6.07) is 8.04. The third-order valence-electron chi connectivity index (χ3n) is 4.09. The van der Waals surface area contributed by atoms with Crippen LogP contribution >= 0.6 is 0 Å². The molecule has 1 fully saturated rings. The number of β-amino-alcohol motifs (C(OH)–C–C–N with tert-alkyl or cyclic N) is 1. The van der Waals surface area contributed by atoms with Crippen LogP contribution in [0.5, 0.6) is 0 Å². The van der Waals surface area contributed by atoms with Gasteiger partial charge in [-0.2, -0.15) is 0 Å². The van der Waals surface area contributed by atoms with E-state index in [1.54, 1.807) is 0 Å². The average Bonchev–Trinajstić information content (AvgIpc) is 2.47. The van der Waals surface area contributed by atoms with Crippen LogP contribution in [0.15, 0.2) is 24.3 Å². The number of hydrogen-bond acceptors (Lipinski definition) is 2. The highest BCUT2D eigenvalue weighted by Crippen LogP contribution is 2.18. The van der Waals surface area contributed by atoms with Crippen LogP contribution in [0.25, 0.3) is 0 Å². The van der Waals surface area contributed by atoms with E-state index in [4.69, 9.17) is 0 Å². The topological polar surface area (TPSA) is 40.5 Å². The highest BCUT2D eigenvalue weighted by Gasteiger charge is 2.19. The van der Waals surface area contributed by atoms with Crippen molar-refractivity contribution in [2.24, 2.45) is 0 Å². The summed E-state index contributed by atoms with van der Waals surface area (Å²) in [6.07, 6.45) is 5.42. The fraction of sp³-hybridized carbons (Fsp3) is 0.588. The second-order valence-corrected chi connectivity index (χ2v) is 5.61. The van der Waals surface area contributed by atoms with E-state index in [1.165, 1.54) is 12.0 Å². The zero-order valence-corrected chi connectivity index (χ0v) is 12.3. The van der Waals surface area contributed by atoms with Crippen molar-refractivity contribution in [3.8, 4) is 0 Å². The molecule has 3 nitrogen and oxygen atoms in total. The predicted octanol–water partition coefficient (Wildman–Crippen LogP) is 3.08. The van der Waals surface area contributed by atoms with Crippen molar-refractivity contribution in [1.82, 2.24) is 4.90 Å². The minimum Gasteiger partial charge on any atom is -0.387 e. The quantitative estimate of drug-likeness (QED) is 0.917. The van der Waals surface area contributed by atoms with Crippen LogP contribution in [0.4, 0.5) is 0 Å². The molecule has 1 aromatic rings. The molecule has 20 heavy (non-hydrogen) atoms. The Labute approximate surface area is 121 Å². The zero-order valence-electron chi connectivity index (χ0n) is 12.3. The maximum Gasteiger partial charge on any atom is 0.222 e. The van der Waals surface area contributed by atoms with Gasteiger partial charge in [-0.15, -0.1) is 0 Å². The molecule has 1 saturated heterocycles. The summed E-state index contributed by atoms with van der Waals surface area (Å²) in [5.41, 5.74) is 2.17. The molecule has 0 saturated carbocycles. The Bertz CT molecular complexity index is 427. The lowest BCUT2D eigenvalue weighted by molar-refractivity contribution is -0.133. The number of aryl methyl sites for hydroxylation is 1. The molecule has 1 atom stereocenters. The molecule has 1 amide bonds. The molecular weight excluding hydrogens is 250 g/mol. The first kappa shape index (κ1) is 15.0. The van der Waals surface area contributed by atoms with Crippen molar-refractivity contribution < 1.29 is 9.90 Å². The first-order chi connectivity index (χ1) is 9.70. The second-order valence-electron chi connectivity index (χ2n) is 5.61. The Kier molecular flexibility index (Phi) is 5.60. The first-order valence-electron chi connectivity index (χ1n) is 7.75. The Hall–Kier alpha value is -1.35. The molecule has 1 aliphatic rings. The summed E-state index contributed by atoms with van der Waals surface area (Å²) in [6.45, 7) is 3.32. The minimum atomic E-state index is -0.579. The van der Waals surface area contributed by atoms with Crippen molar-refractivity contribution in [2.75, 3.05) is 13.1 Å². The third kappa shape index (κ3) is 4.07. The van der Waals surface area contributed by atoms with Crippen molar-refractivity contribution in [2.45, 2.75) is 51.6 Å². The Balaban J connectivity index is 1.97. The van der Waals surface area contributed by atoms with E-state index in [0.29, 0.717) is 13.0 Å². The lowest BCUT2D eigenvalue weighted by atomic mass is 10.0. The molecule has 0 spiro atoms. The largest absolute Gasteiger partial charge is 0.387 e. The highest BCUT2D eigenvalue weighted by molar-refractivity contribution is 5.76. The molecule has 1 aliphatic heterocycles. The monoisotopic (exact) mass is 275 g/mol. The van der Waals surface area contributed by atoms with E-state index in [9.17, 15) is 9.90 Å². The van der Waals surface area contributed by atoms with Crippen LogP contribution in [0.3, 0.4) is 0 Å². The van der Waals surface area contributed by atoms with Crippen molar-refractivity contribution in [1.29, 1.82) is 0 Å². The van der Waals surface area contributed by atoms with Gasteiger partial charge in [0.05, 0.1) is 12.6 Å². The molecular formula is C17H25NO2. The molecule has 0 radical (unpaired) electrons. The number of aliphatic hydroxyl groups excluding tert-OH is 1. The average molecular weight is 275 g/mol. The highest BCUT2D eigenvalue weighted by atomic mass is 16.3. The molecule has 1 aromatic carbocycles. The van der Waals surface area contributed by atoms with E-state index < -0.39 is 6.10 Å². The zero-order chi connectivity index (χ0) is 14.4. The summed E-state index contributed by atoms with van der Waals surface area (Å²) >= 11 is 0. The molecule has 1 N–H and O–H groups in total. The van der Waals surface area contributed by atoms with E-state index in [-0.39, 0.29) is 5.91 Å². The number of likely N-dealkylation sites (tertiary alicyclic amines) is 1. The summed E-state index contributed by atoms with van der Waals surface area (Å²) in [4.78, 5) is 13.9. The molecule has 0 aliphatic carbocycles. The smallest absolute Gasteiger partial charge is 0.222 e. The van der Waals surface area contributed by atoms with Gasteiger partial charge in [0.2, 0.25) is 5.91 Å². The Morgan fingerprint density at radius 2 is 1.85 bits per heavy atom. The maximum atomic E-state index is 12.0. The summed E-state index contributed by atoms with van der Waals surface area (Å²) in [5, 5.41) is 10.3. The van der Waals surface area contributed by atoms with E-state index >= 15 is 0 Å². The summed E-state index contributed by atoms with van der Waals surface area (Å²) in [5.74, 6) is 0.189. The molecule has 0 aromatic heterocycles. The van der Waals surface area contributed by atoms with Crippen LogP contribution < -0.4 is 0 Å². The van der Waals surface area contributed by atoms with Crippen LogP contribution in [0.1, 0.15) is 56.3 Å². The lowest BCUT2D eigenvalue weighted by Crippen LogP contribution is -2.36. The normalized spacial score (nSPS) is 18.5. The first-order valence-corrected chi connectivity index (χ1v) is 7.75. The third-order valence-corrected chi connectivity index (χ3v) is 4.09. The minimum absolute atomic E-state index is 0.189. The van der Waals surface area contributed by atoms with Crippen molar-refractivity contribution >= 4 is 5.91 Å². The summed E-state index contributed by atoms with van der Waals surface area (Å²) in [7, 11) is 0. The van der Waals surface area contributed by atoms with Gasteiger partial charge in [-0.3, -0.25) is 4.79 Å². The fourth-order valence-electron chi connectivity index (χ4n) is 2.70. The SMILES string of the molecule is CCc1ccc(C(O)CN2CCCCCCC2=O)cc1. The number of benzene rings is 1. The molecule has 110 valence electrons. The van der Waals surface area contributed by atoms with Gasteiger partial charge >= 0.3 is 0 Å². The van der Waals surface area contributed by atoms with E-state index in [2.05, 4.69) is 6.92 Å². The van der Waals surface area contributed by atoms with Gasteiger partial charge in [-0.25, -0.2) is 0 Å². The molecule has 3 heteroatoms. The van der Waals surface area contributed by atoms with Gasteiger partial charge in [0.15, 0.2) is 0 Å².